The molecule has 2 aliphatic rings. The second-order valence-electron chi connectivity index (χ2n) is 5.54. The van der Waals surface area contributed by atoms with Gasteiger partial charge >= 0.3 is 0 Å². The first kappa shape index (κ1) is 16.0. The Morgan fingerprint density at radius 1 is 1.27 bits per heavy atom. The summed E-state index contributed by atoms with van der Waals surface area (Å²) in [4.78, 5) is 11.8. The van der Waals surface area contributed by atoms with E-state index in [4.69, 9.17) is 4.74 Å². The van der Waals surface area contributed by atoms with Crippen molar-refractivity contribution >= 4 is 29.4 Å². The van der Waals surface area contributed by atoms with Crippen molar-refractivity contribution in [1.82, 2.24) is 10.6 Å². The van der Waals surface area contributed by atoms with Gasteiger partial charge in [0.25, 0.3) is 5.91 Å². The Bertz CT molecular complexity index is 483. The molecule has 2 N–H and O–H groups in total. The van der Waals surface area contributed by atoms with E-state index in [-0.39, 0.29) is 18.6 Å². The van der Waals surface area contributed by atoms with Gasteiger partial charge in [0, 0.05) is 12.6 Å². The zero-order valence-corrected chi connectivity index (χ0v) is 14.2. The third-order valence-electron chi connectivity index (χ3n) is 3.77. The van der Waals surface area contributed by atoms with E-state index in [9.17, 15) is 4.79 Å². The van der Waals surface area contributed by atoms with Gasteiger partial charge in [-0.05, 0) is 48.6 Å². The normalized spacial score (nSPS) is 22.5. The van der Waals surface area contributed by atoms with Crippen molar-refractivity contribution in [3.8, 4) is 5.75 Å². The largest absolute Gasteiger partial charge is 0.484 e. The van der Waals surface area contributed by atoms with E-state index in [2.05, 4.69) is 22.8 Å². The molecule has 2 fully saturated rings. The van der Waals surface area contributed by atoms with Crippen LogP contribution in [0.1, 0.15) is 23.0 Å². The van der Waals surface area contributed by atoms with Gasteiger partial charge in [-0.3, -0.25) is 4.79 Å². The average molecular weight is 338 g/mol. The van der Waals surface area contributed by atoms with E-state index < -0.39 is 0 Å². The molecule has 3 rings (SSSR count). The van der Waals surface area contributed by atoms with Crippen molar-refractivity contribution in [1.29, 1.82) is 0 Å². The summed E-state index contributed by atoms with van der Waals surface area (Å²) in [6.45, 7) is 1.92. The molecule has 4 nitrogen and oxygen atoms in total. The number of hydrogen-bond donors (Lipinski definition) is 2. The minimum absolute atomic E-state index is 0.0452. The number of rotatable bonds is 5. The summed E-state index contributed by atoms with van der Waals surface area (Å²) >= 11 is 4.02. The Morgan fingerprint density at radius 2 is 2.05 bits per heavy atom. The highest BCUT2D eigenvalue weighted by Crippen LogP contribution is 2.43. The summed E-state index contributed by atoms with van der Waals surface area (Å²) < 4.78 is 6.12. The summed E-state index contributed by atoms with van der Waals surface area (Å²) in [5.74, 6) is 3.20. The summed E-state index contributed by atoms with van der Waals surface area (Å²) in [7, 11) is 0. The molecule has 0 radical (unpaired) electrons. The highest BCUT2D eigenvalue weighted by Gasteiger charge is 2.18. The second-order valence-corrected chi connectivity index (χ2v) is 8.27. The SMILES string of the molecule is O=C(COc1ccc(C2SCCCS2)cc1)NC1CCNC1. The zero-order valence-electron chi connectivity index (χ0n) is 12.5. The molecule has 1 aromatic carbocycles. The molecule has 2 aliphatic heterocycles. The van der Waals surface area contributed by atoms with Crippen LogP contribution in [0.4, 0.5) is 0 Å². The highest BCUT2D eigenvalue weighted by molar-refractivity contribution is 8.16. The quantitative estimate of drug-likeness (QED) is 0.863. The van der Waals surface area contributed by atoms with E-state index in [1.807, 2.05) is 35.7 Å². The van der Waals surface area contributed by atoms with E-state index in [1.165, 1.54) is 23.5 Å². The first-order valence-corrected chi connectivity index (χ1v) is 9.87. The van der Waals surface area contributed by atoms with Crippen molar-refractivity contribution in [2.45, 2.75) is 23.5 Å². The lowest BCUT2D eigenvalue weighted by Crippen LogP contribution is -2.39. The molecular formula is C16H22N2O2S2. The van der Waals surface area contributed by atoms with Gasteiger partial charge in [0.15, 0.2) is 6.61 Å². The van der Waals surface area contributed by atoms with Crippen LogP contribution < -0.4 is 15.4 Å². The highest BCUT2D eigenvalue weighted by atomic mass is 32.2. The van der Waals surface area contributed by atoms with Crippen LogP contribution in [0.2, 0.25) is 0 Å². The number of carbonyl (C=O) groups is 1. The van der Waals surface area contributed by atoms with Crippen LogP contribution in [0.5, 0.6) is 5.75 Å². The Kier molecular flexibility index (Phi) is 5.92. The summed E-state index contributed by atoms with van der Waals surface area (Å²) in [5, 5.41) is 6.21. The molecule has 2 heterocycles. The lowest BCUT2D eigenvalue weighted by molar-refractivity contribution is -0.123. The van der Waals surface area contributed by atoms with Gasteiger partial charge in [0.1, 0.15) is 5.75 Å². The number of hydrogen-bond acceptors (Lipinski definition) is 5. The molecule has 1 atom stereocenters. The van der Waals surface area contributed by atoms with Gasteiger partial charge in [-0.1, -0.05) is 12.1 Å². The Morgan fingerprint density at radius 3 is 2.73 bits per heavy atom. The lowest BCUT2D eigenvalue weighted by atomic mass is 10.2. The van der Waals surface area contributed by atoms with Gasteiger partial charge < -0.3 is 15.4 Å². The van der Waals surface area contributed by atoms with E-state index in [0.29, 0.717) is 4.58 Å². The van der Waals surface area contributed by atoms with Crippen LogP contribution >= 0.6 is 23.5 Å². The number of benzene rings is 1. The lowest BCUT2D eigenvalue weighted by Gasteiger charge is -2.21. The fourth-order valence-corrected chi connectivity index (χ4v) is 5.49. The molecular weight excluding hydrogens is 316 g/mol. The maximum absolute atomic E-state index is 11.8. The van der Waals surface area contributed by atoms with Crippen LogP contribution in [-0.4, -0.2) is 43.2 Å². The molecule has 1 aromatic rings. The topological polar surface area (TPSA) is 50.4 Å². The van der Waals surface area contributed by atoms with Crippen LogP contribution in [0.3, 0.4) is 0 Å². The van der Waals surface area contributed by atoms with Crippen LogP contribution in [0.15, 0.2) is 24.3 Å². The molecule has 6 heteroatoms. The molecule has 0 spiro atoms. The molecule has 2 saturated heterocycles. The van der Waals surface area contributed by atoms with Gasteiger partial charge in [0.05, 0.1) is 4.58 Å². The second kappa shape index (κ2) is 8.13. The van der Waals surface area contributed by atoms with Crippen molar-refractivity contribution in [3.63, 3.8) is 0 Å². The van der Waals surface area contributed by atoms with E-state index in [0.717, 1.165) is 25.3 Å². The van der Waals surface area contributed by atoms with Crippen molar-refractivity contribution in [2.75, 3.05) is 31.2 Å². The van der Waals surface area contributed by atoms with Gasteiger partial charge in [-0.25, -0.2) is 0 Å². The minimum Gasteiger partial charge on any atom is -0.484 e. The zero-order chi connectivity index (χ0) is 15.2. The van der Waals surface area contributed by atoms with E-state index >= 15 is 0 Å². The summed E-state index contributed by atoms with van der Waals surface area (Å²) in [6, 6.07) is 8.41. The predicted molar refractivity (Wildman–Crippen MR) is 93.6 cm³/mol. The molecule has 1 unspecified atom stereocenters. The monoisotopic (exact) mass is 338 g/mol. The number of carbonyl (C=O) groups excluding carboxylic acids is 1. The third kappa shape index (κ3) is 4.57. The molecule has 120 valence electrons. The van der Waals surface area contributed by atoms with Gasteiger partial charge in [-0.2, -0.15) is 0 Å². The Labute approximate surface area is 140 Å². The Balaban J connectivity index is 1.45. The average Bonchev–Trinajstić information content (AvgIpc) is 3.07. The molecule has 1 amide bonds. The van der Waals surface area contributed by atoms with Crippen molar-refractivity contribution in [3.05, 3.63) is 29.8 Å². The maximum Gasteiger partial charge on any atom is 0.258 e. The fraction of sp³-hybridized carbons (Fsp3) is 0.562. The molecule has 0 saturated carbocycles. The fourth-order valence-electron chi connectivity index (χ4n) is 2.60. The predicted octanol–water partition coefficient (Wildman–Crippen LogP) is 2.41. The standard InChI is InChI=1S/C16H22N2O2S2/c19-15(18-13-6-7-17-10-13)11-20-14-4-2-12(3-5-14)16-21-8-1-9-22-16/h2-5,13,16-17H,1,6-11H2,(H,18,19). The number of nitrogens with one attached hydrogen (secondary N) is 2. The molecule has 0 aromatic heterocycles. The van der Waals surface area contributed by atoms with Gasteiger partial charge in [0.2, 0.25) is 0 Å². The van der Waals surface area contributed by atoms with Crippen molar-refractivity contribution < 1.29 is 9.53 Å². The molecule has 0 bridgehead atoms. The third-order valence-corrected chi connectivity index (χ3v) is 6.79. The number of amides is 1. The number of ether oxygens (including phenoxy) is 1. The first-order valence-electron chi connectivity index (χ1n) is 7.77. The minimum atomic E-state index is -0.0452. The Hall–Kier alpha value is -0.850. The van der Waals surface area contributed by atoms with Crippen LogP contribution in [-0.2, 0) is 4.79 Å². The van der Waals surface area contributed by atoms with Crippen LogP contribution in [0.25, 0.3) is 0 Å². The maximum atomic E-state index is 11.8. The first-order chi connectivity index (χ1) is 10.8. The smallest absolute Gasteiger partial charge is 0.258 e. The molecule has 22 heavy (non-hydrogen) atoms. The van der Waals surface area contributed by atoms with E-state index in [1.54, 1.807) is 0 Å². The number of thioether (sulfide) groups is 2. The van der Waals surface area contributed by atoms with Crippen molar-refractivity contribution in [2.24, 2.45) is 0 Å². The van der Waals surface area contributed by atoms with Gasteiger partial charge in [-0.15, -0.1) is 23.5 Å². The summed E-state index contributed by atoms with van der Waals surface area (Å²) in [5.41, 5.74) is 1.34. The van der Waals surface area contributed by atoms with Crippen LogP contribution in [0, 0.1) is 0 Å². The summed E-state index contributed by atoms with van der Waals surface area (Å²) in [6.07, 6.45) is 2.30. The molecule has 0 aliphatic carbocycles.